The molecule has 190 valence electrons. The molecule has 0 unspecified atom stereocenters. The number of hydrogen-bond donors (Lipinski definition) is 3. The van der Waals surface area contributed by atoms with Crippen LogP contribution in [0.3, 0.4) is 0 Å². The molecule has 0 spiro atoms. The molecule has 6 rings (SSSR count). The van der Waals surface area contributed by atoms with E-state index in [4.69, 9.17) is 0 Å². The number of rotatable bonds is 7. The van der Waals surface area contributed by atoms with Crippen molar-refractivity contribution in [2.24, 2.45) is 0 Å². The molecule has 2 aromatic carbocycles. The maximum absolute atomic E-state index is 14.6. The van der Waals surface area contributed by atoms with Crippen LogP contribution in [0.25, 0.3) is 55.4 Å². The van der Waals surface area contributed by atoms with Gasteiger partial charge in [0.2, 0.25) is 0 Å². The number of halogens is 1. The number of aryl methyl sites for hydroxylation is 1. The number of fused-ring (bicyclic) bond motifs is 2. The summed E-state index contributed by atoms with van der Waals surface area (Å²) in [6.07, 6.45) is 7.29. The quantitative estimate of drug-likeness (QED) is 0.239. The third-order valence-electron chi connectivity index (χ3n) is 6.67. The summed E-state index contributed by atoms with van der Waals surface area (Å²) in [5, 5.41) is 13.0. The summed E-state index contributed by atoms with van der Waals surface area (Å²) in [7, 11) is 4.02. The Balaban J connectivity index is 1.40. The van der Waals surface area contributed by atoms with Crippen LogP contribution in [0.4, 0.5) is 10.1 Å². The Labute approximate surface area is 219 Å². The Morgan fingerprint density at radius 2 is 1.71 bits per heavy atom. The fourth-order valence-electron chi connectivity index (χ4n) is 4.79. The van der Waals surface area contributed by atoms with Gasteiger partial charge in [0.05, 0.1) is 22.9 Å². The second-order valence-corrected chi connectivity index (χ2v) is 9.87. The fourth-order valence-corrected chi connectivity index (χ4v) is 4.79. The Morgan fingerprint density at radius 3 is 2.55 bits per heavy atom. The first-order valence-corrected chi connectivity index (χ1v) is 12.5. The molecule has 0 aliphatic carbocycles. The topological polar surface area (TPSA) is 85.5 Å². The number of pyridine rings is 2. The molecule has 0 saturated heterocycles. The van der Waals surface area contributed by atoms with Crippen LogP contribution >= 0.6 is 0 Å². The van der Waals surface area contributed by atoms with Crippen molar-refractivity contribution in [3.05, 3.63) is 84.7 Å². The van der Waals surface area contributed by atoms with E-state index in [1.54, 1.807) is 18.5 Å². The Bertz CT molecular complexity index is 1770. The van der Waals surface area contributed by atoms with Gasteiger partial charge in [0.1, 0.15) is 11.5 Å². The van der Waals surface area contributed by atoms with Gasteiger partial charge in [-0.2, -0.15) is 5.10 Å². The zero-order valence-corrected chi connectivity index (χ0v) is 21.5. The number of benzene rings is 2. The van der Waals surface area contributed by atoms with Gasteiger partial charge in [0.25, 0.3) is 0 Å². The van der Waals surface area contributed by atoms with Crippen LogP contribution < -0.4 is 5.32 Å². The average molecular weight is 506 g/mol. The molecule has 3 N–H and O–H groups in total. The molecule has 4 aromatic heterocycles. The smallest absolute Gasteiger partial charge is 0.125 e. The molecule has 7 nitrogen and oxygen atoms in total. The van der Waals surface area contributed by atoms with Gasteiger partial charge in [-0.25, -0.2) is 4.39 Å². The Kier molecular flexibility index (Phi) is 6.09. The second kappa shape index (κ2) is 9.72. The number of nitrogens with one attached hydrogen (secondary N) is 3. The molecule has 6 aromatic rings. The summed E-state index contributed by atoms with van der Waals surface area (Å²) >= 11 is 0. The van der Waals surface area contributed by atoms with Gasteiger partial charge in [0.15, 0.2) is 0 Å². The molecule has 0 radical (unpaired) electrons. The molecule has 0 atom stereocenters. The third kappa shape index (κ3) is 4.62. The predicted octanol–water partition coefficient (Wildman–Crippen LogP) is 6.26. The van der Waals surface area contributed by atoms with E-state index in [1.807, 2.05) is 45.5 Å². The minimum absolute atomic E-state index is 0.293. The number of anilines is 1. The zero-order chi connectivity index (χ0) is 26.2. The highest BCUT2D eigenvalue weighted by Crippen LogP contribution is 2.35. The molecule has 4 heterocycles. The van der Waals surface area contributed by atoms with Crippen molar-refractivity contribution < 1.29 is 4.39 Å². The molecule has 0 aliphatic heterocycles. The first-order chi connectivity index (χ1) is 18.4. The van der Waals surface area contributed by atoms with E-state index in [9.17, 15) is 4.39 Å². The van der Waals surface area contributed by atoms with Crippen molar-refractivity contribution in [1.82, 2.24) is 30.0 Å². The number of likely N-dealkylation sites (N-methyl/N-ethyl adjacent to an activating group) is 1. The van der Waals surface area contributed by atoms with E-state index in [0.717, 1.165) is 79.8 Å². The Morgan fingerprint density at radius 1 is 0.842 bits per heavy atom. The molecule has 38 heavy (non-hydrogen) atoms. The number of aromatic nitrogens is 5. The first-order valence-electron chi connectivity index (χ1n) is 12.5. The lowest BCUT2D eigenvalue weighted by Gasteiger charge is -2.13. The number of aromatic amines is 2. The fraction of sp³-hybridized carbons (Fsp3) is 0.167. The lowest BCUT2D eigenvalue weighted by atomic mass is 10.0. The van der Waals surface area contributed by atoms with E-state index < -0.39 is 0 Å². The molecule has 0 amide bonds. The van der Waals surface area contributed by atoms with E-state index in [1.165, 1.54) is 6.07 Å². The third-order valence-corrected chi connectivity index (χ3v) is 6.67. The van der Waals surface area contributed by atoms with Crippen molar-refractivity contribution in [3.8, 4) is 33.6 Å². The van der Waals surface area contributed by atoms with Gasteiger partial charge in [-0.3, -0.25) is 15.1 Å². The summed E-state index contributed by atoms with van der Waals surface area (Å²) in [6, 6.07) is 15.5. The number of nitrogens with zero attached hydrogens (tertiary/aromatic N) is 4. The monoisotopic (exact) mass is 505 g/mol. The second-order valence-electron chi connectivity index (χ2n) is 9.87. The molecule has 8 heteroatoms. The highest BCUT2D eigenvalue weighted by atomic mass is 19.1. The summed E-state index contributed by atoms with van der Waals surface area (Å²) in [5.41, 5.74) is 9.08. The average Bonchev–Trinajstić information content (AvgIpc) is 3.51. The molecule has 0 fully saturated rings. The van der Waals surface area contributed by atoms with Crippen LogP contribution in [0, 0.1) is 12.7 Å². The number of hydrogen-bond acceptors (Lipinski definition) is 5. The standard InChI is InChI=1S/C30H28FN7/c1-18-8-21(15-32-14-18)19-4-5-27-25(11-19)30(37-36-27)28-13-24-26(16-33-17-29(24)35-28)20-9-22(31)12-23(10-20)34-6-7-38(2)3/h4-5,8-17,34-35H,6-7H2,1-3H3,(H,36,37). The summed E-state index contributed by atoms with van der Waals surface area (Å²) in [5.74, 6) is -0.293. The van der Waals surface area contributed by atoms with Crippen LogP contribution in [-0.4, -0.2) is 57.2 Å². The lowest BCUT2D eigenvalue weighted by molar-refractivity contribution is 0.425. The van der Waals surface area contributed by atoms with E-state index in [0.29, 0.717) is 0 Å². The lowest BCUT2D eigenvalue weighted by Crippen LogP contribution is -2.20. The Hall–Kier alpha value is -4.56. The molecular weight excluding hydrogens is 477 g/mol. The normalized spacial score (nSPS) is 11.6. The van der Waals surface area contributed by atoms with Crippen molar-refractivity contribution >= 4 is 27.5 Å². The van der Waals surface area contributed by atoms with E-state index >= 15 is 0 Å². The predicted molar refractivity (Wildman–Crippen MR) is 152 cm³/mol. The van der Waals surface area contributed by atoms with E-state index in [2.05, 4.69) is 59.6 Å². The maximum atomic E-state index is 14.6. The summed E-state index contributed by atoms with van der Waals surface area (Å²) < 4.78 is 14.6. The summed E-state index contributed by atoms with van der Waals surface area (Å²) in [4.78, 5) is 14.3. The SMILES string of the molecule is Cc1cncc(-c2ccc3[nH]nc(-c4cc5c(-c6cc(F)cc(NCCN(C)C)c6)cncc5[nH]4)c3c2)c1. The summed E-state index contributed by atoms with van der Waals surface area (Å²) in [6.45, 7) is 3.61. The van der Waals surface area contributed by atoms with Gasteiger partial charge in [-0.1, -0.05) is 6.07 Å². The largest absolute Gasteiger partial charge is 0.384 e. The van der Waals surface area contributed by atoms with Crippen LogP contribution in [0.2, 0.25) is 0 Å². The van der Waals surface area contributed by atoms with Crippen molar-refractivity contribution in [2.45, 2.75) is 6.92 Å². The van der Waals surface area contributed by atoms with Gasteiger partial charge in [-0.15, -0.1) is 0 Å². The van der Waals surface area contributed by atoms with Gasteiger partial charge in [0, 0.05) is 59.3 Å². The molecule has 0 aliphatic rings. The zero-order valence-electron chi connectivity index (χ0n) is 21.5. The van der Waals surface area contributed by atoms with Gasteiger partial charge < -0.3 is 15.2 Å². The van der Waals surface area contributed by atoms with Gasteiger partial charge in [-0.05, 0) is 80.2 Å². The first kappa shape index (κ1) is 23.8. The van der Waals surface area contributed by atoms with Crippen molar-refractivity contribution in [1.29, 1.82) is 0 Å². The molecule has 0 bridgehead atoms. The van der Waals surface area contributed by atoms with E-state index in [-0.39, 0.29) is 5.82 Å². The van der Waals surface area contributed by atoms with Crippen LogP contribution in [-0.2, 0) is 0 Å². The van der Waals surface area contributed by atoms with Crippen LogP contribution in [0.15, 0.2) is 73.3 Å². The number of H-pyrrole nitrogens is 2. The highest BCUT2D eigenvalue weighted by molar-refractivity contribution is 6.01. The minimum atomic E-state index is -0.293. The van der Waals surface area contributed by atoms with Crippen molar-refractivity contribution in [2.75, 3.05) is 32.5 Å². The van der Waals surface area contributed by atoms with Crippen molar-refractivity contribution in [3.63, 3.8) is 0 Å². The molecule has 0 saturated carbocycles. The molecular formula is C30H28FN7. The maximum Gasteiger partial charge on any atom is 0.125 e. The van der Waals surface area contributed by atoms with Crippen LogP contribution in [0.5, 0.6) is 0 Å². The van der Waals surface area contributed by atoms with Gasteiger partial charge >= 0.3 is 0 Å². The van der Waals surface area contributed by atoms with Crippen LogP contribution in [0.1, 0.15) is 5.56 Å². The minimum Gasteiger partial charge on any atom is -0.384 e. The highest BCUT2D eigenvalue weighted by Gasteiger charge is 2.15.